The lowest BCUT2D eigenvalue weighted by Gasteiger charge is -2.39. The molecule has 0 saturated carbocycles. The number of carbonyl (C=O) groups is 3. The van der Waals surface area contributed by atoms with E-state index in [1.54, 1.807) is 0 Å². The van der Waals surface area contributed by atoms with E-state index < -0.39 is 17.9 Å². The summed E-state index contributed by atoms with van der Waals surface area (Å²) in [5.41, 5.74) is 0. The number of carbonyl (C=O) groups excluding carboxylic acids is 1. The Morgan fingerprint density at radius 2 is 0.897 bits per heavy atom. The SMILES string of the molecule is CCCC/C=C/CCCCCCCCCCC[N+](CCCCC(=O)[O-])(CCCCC(=O)O)CCCCC(=O)O. The van der Waals surface area contributed by atoms with Gasteiger partial charge in [0.25, 0.3) is 0 Å². The molecule has 0 saturated heterocycles. The number of rotatable bonds is 30. The zero-order chi connectivity index (χ0) is 29.0. The molecule has 39 heavy (non-hydrogen) atoms. The topological polar surface area (TPSA) is 115 Å². The minimum atomic E-state index is -1.02. The van der Waals surface area contributed by atoms with Gasteiger partial charge in [0.15, 0.2) is 0 Å². The average molecular weight is 554 g/mol. The number of aliphatic carboxylic acids is 3. The van der Waals surface area contributed by atoms with Crippen LogP contribution in [0.5, 0.6) is 0 Å². The van der Waals surface area contributed by atoms with Crippen molar-refractivity contribution in [2.24, 2.45) is 0 Å². The first kappa shape index (κ1) is 37.1. The molecule has 0 aromatic rings. The minimum absolute atomic E-state index is 0.0632. The van der Waals surface area contributed by atoms with Crippen LogP contribution in [-0.4, -0.2) is 58.8 Å². The molecule has 0 unspecified atom stereocenters. The fraction of sp³-hybridized carbons (Fsp3) is 0.844. The predicted molar refractivity (Wildman–Crippen MR) is 156 cm³/mol. The van der Waals surface area contributed by atoms with Crippen molar-refractivity contribution in [3.63, 3.8) is 0 Å². The molecule has 0 aliphatic carbocycles. The van der Waals surface area contributed by atoms with Gasteiger partial charge in [0.05, 0.1) is 26.2 Å². The minimum Gasteiger partial charge on any atom is -0.550 e. The summed E-state index contributed by atoms with van der Waals surface area (Å²) in [7, 11) is 0. The first-order valence-corrected chi connectivity index (χ1v) is 15.9. The van der Waals surface area contributed by atoms with E-state index in [4.69, 9.17) is 10.2 Å². The number of quaternary nitrogens is 1. The molecule has 7 nitrogen and oxygen atoms in total. The Hall–Kier alpha value is -1.89. The largest absolute Gasteiger partial charge is 0.550 e. The third-order valence-corrected chi connectivity index (χ3v) is 7.70. The van der Waals surface area contributed by atoms with Crippen LogP contribution in [0.4, 0.5) is 0 Å². The highest BCUT2D eigenvalue weighted by Gasteiger charge is 2.26. The Morgan fingerprint density at radius 1 is 0.538 bits per heavy atom. The molecule has 0 aliphatic rings. The Morgan fingerprint density at radius 3 is 1.31 bits per heavy atom. The Bertz CT molecular complexity index is 594. The fourth-order valence-corrected chi connectivity index (χ4v) is 5.34. The van der Waals surface area contributed by atoms with Crippen LogP contribution in [0.3, 0.4) is 0 Å². The van der Waals surface area contributed by atoms with E-state index in [9.17, 15) is 19.5 Å². The molecule has 0 fully saturated rings. The van der Waals surface area contributed by atoms with E-state index in [1.807, 2.05) is 0 Å². The van der Waals surface area contributed by atoms with E-state index in [0.717, 1.165) is 56.3 Å². The summed E-state index contributed by atoms with van der Waals surface area (Å²) >= 11 is 0. The molecule has 0 radical (unpaired) electrons. The van der Waals surface area contributed by atoms with E-state index in [0.29, 0.717) is 19.3 Å². The summed E-state index contributed by atoms with van der Waals surface area (Å²) in [6.07, 6.45) is 25.6. The van der Waals surface area contributed by atoms with Crippen LogP contribution < -0.4 is 5.11 Å². The fourth-order valence-electron chi connectivity index (χ4n) is 5.34. The molecule has 7 heteroatoms. The number of allylic oxidation sites excluding steroid dienone is 2. The molecule has 228 valence electrons. The summed E-state index contributed by atoms with van der Waals surface area (Å²) in [6.45, 7) is 5.84. The first-order chi connectivity index (χ1) is 18.8. The molecule has 0 bridgehead atoms. The molecule has 0 aliphatic heterocycles. The van der Waals surface area contributed by atoms with E-state index in [2.05, 4.69) is 19.1 Å². The maximum Gasteiger partial charge on any atom is 0.303 e. The second kappa shape index (κ2) is 26.3. The summed E-state index contributed by atoms with van der Waals surface area (Å²) in [6, 6.07) is 0. The van der Waals surface area contributed by atoms with Crippen molar-refractivity contribution >= 4 is 17.9 Å². The predicted octanol–water partition coefficient (Wildman–Crippen LogP) is 6.88. The van der Waals surface area contributed by atoms with Gasteiger partial charge in [0.1, 0.15) is 0 Å². The average Bonchev–Trinajstić information content (AvgIpc) is 2.89. The van der Waals surface area contributed by atoms with Crippen LogP contribution in [0.15, 0.2) is 12.2 Å². The van der Waals surface area contributed by atoms with Crippen molar-refractivity contribution in [1.82, 2.24) is 0 Å². The van der Waals surface area contributed by atoms with Gasteiger partial charge < -0.3 is 24.6 Å². The lowest BCUT2D eigenvalue weighted by Crippen LogP contribution is -2.51. The highest BCUT2D eigenvalue weighted by molar-refractivity contribution is 5.66. The molecule has 0 aromatic carbocycles. The van der Waals surface area contributed by atoms with Gasteiger partial charge in [-0.2, -0.15) is 0 Å². The van der Waals surface area contributed by atoms with Gasteiger partial charge in [-0.05, 0) is 77.0 Å². The molecule has 0 rings (SSSR count). The summed E-state index contributed by atoms with van der Waals surface area (Å²) in [5.74, 6) is -2.57. The number of hydrogen-bond donors (Lipinski definition) is 2. The number of carboxylic acid groups (broad SMARTS) is 3. The van der Waals surface area contributed by atoms with Gasteiger partial charge in [-0.3, -0.25) is 9.59 Å². The monoisotopic (exact) mass is 553 g/mol. The molecule has 0 heterocycles. The zero-order valence-electron chi connectivity index (χ0n) is 25.0. The van der Waals surface area contributed by atoms with Gasteiger partial charge in [-0.25, -0.2) is 0 Å². The summed E-state index contributed by atoms with van der Waals surface area (Å²) < 4.78 is 0.846. The first-order valence-electron chi connectivity index (χ1n) is 15.9. The molecular weight excluding hydrogens is 494 g/mol. The lowest BCUT2D eigenvalue weighted by atomic mass is 10.0. The third kappa shape index (κ3) is 26.1. The van der Waals surface area contributed by atoms with Crippen molar-refractivity contribution in [2.75, 3.05) is 26.2 Å². The standard InChI is InChI=1S/C32H59NO6/c1-2-3-4-5-6-7-8-9-10-11-12-13-14-15-19-26-33(27-20-16-23-30(34)35,28-21-17-24-31(36)37)29-22-18-25-32(38)39/h5-6H,2-4,7-29H2,1H3,(H2-,34,35,36,37,38,39)/b6-5+. The number of nitrogens with zero attached hydrogens (tertiary/aromatic N) is 1. The molecule has 2 N–H and O–H groups in total. The molecular formula is C32H59NO6. The Kier molecular flexibility index (Phi) is 25.1. The normalized spacial score (nSPS) is 11.8. The number of hydrogen-bond acceptors (Lipinski definition) is 4. The Balaban J connectivity index is 4.49. The summed E-state index contributed by atoms with van der Waals surface area (Å²) in [4.78, 5) is 32.8. The van der Waals surface area contributed by atoms with Crippen molar-refractivity contribution in [1.29, 1.82) is 0 Å². The highest BCUT2D eigenvalue weighted by Crippen LogP contribution is 2.19. The van der Waals surface area contributed by atoms with Crippen LogP contribution in [0.2, 0.25) is 0 Å². The van der Waals surface area contributed by atoms with Crippen molar-refractivity contribution in [2.45, 2.75) is 148 Å². The third-order valence-electron chi connectivity index (χ3n) is 7.70. The Labute approximate surface area is 238 Å². The van der Waals surface area contributed by atoms with Crippen LogP contribution in [0, 0.1) is 0 Å². The van der Waals surface area contributed by atoms with Gasteiger partial charge in [0.2, 0.25) is 0 Å². The second-order valence-corrected chi connectivity index (χ2v) is 11.4. The molecule has 0 amide bonds. The second-order valence-electron chi connectivity index (χ2n) is 11.4. The van der Waals surface area contributed by atoms with E-state index >= 15 is 0 Å². The molecule has 0 aromatic heterocycles. The van der Waals surface area contributed by atoms with Gasteiger partial charge in [0, 0.05) is 18.8 Å². The summed E-state index contributed by atoms with van der Waals surface area (Å²) in [5, 5.41) is 28.9. The molecule has 0 spiro atoms. The van der Waals surface area contributed by atoms with Crippen molar-refractivity contribution in [3.05, 3.63) is 12.2 Å². The smallest absolute Gasteiger partial charge is 0.303 e. The maximum atomic E-state index is 11.0. The van der Waals surface area contributed by atoms with Gasteiger partial charge in [-0.1, -0.05) is 70.4 Å². The lowest BCUT2D eigenvalue weighted by molar-refractivity contribution is -0.929. The van der Waals surface area contributed by atoms with Crippen LogP contribution in [-0.2, 0) is 14.4 Å². The van der Waals surface area contributed by atoms with E-state index in [1.165, 1.54) is 77.0 Å². The van der Waals surface area contributed by atoms with E-state index in [-0.39, 0.29) is 19.3 Å². The highest BCUT2D eigenvalue weighted by atomic mass is 16.4. The number of carboxylic acids is 3. The molecule has 0 atom stereocenters. The number of unbranched alkanes of at least 4 members (excludes halogenated alkanes) is 14. The van der Waals surface area contributed by atoms with Crippen LogP contribution in [0.25, 0.3) is 0 Å². The van der Waals surface area contributed by atoms with Crippen LogP contribution >= 0.6 is 0 Å². The quantitative estimate of drug-likeness (QED) is 0.0569. The van der Waals surface area contributed by atoms with Gasteiger partial charge in [-0.15, -0.1) is 0 Å². The van der Waals surface area contributed by atoms with Crippen molar-refractivity contribution < 1.29 is 34.2 Å². The van der Waals surface area contributed by atoms with Crippen molar-refractivity contribution in [3.8, 4) is 0 Å². The zero-order valence-corrected chi connectivity index (χ0v) is 25.0. The maximum absolute atomic E-state index is 11.0. The van der Waals surface area contributed by atoms with Gasteiger partial charge >= 0.3 is 11.9 Å². The van der Waals surface area contributed by atoms with Crippen LogP contribution in [0.1, 0.15) is 148 Å².